The van der Waals surface area contributed by atoms with Gasteiger partial charge in [-0.05, 0) is 4.57 Å². The molecule has 2 rings (SSSR count). The lowest BCUT2D eigenvalue weighted by Crippen LogP contribution is -2.31. The number of aromatic amines is 1. The van der Waals surface area contributed by atoms with Crippen LogP contribution in [0.25, 0.3) is 11.2 Å². The number of aliphatic hydroxyl groups is 1. The molecule has 2 atom stereocenters. The fraction of sp³-hybridized carbons (Fsp3) is 0.444. The molecule has 0 fully saturated rings. The van der Waals surface area contributed by atoms with Crippen LogP contribution in [0.3, 0.4) is 0 Å². The highest BCUT2D eigenvalue weighted by atomic mass is 31.1. The Bertz CT molecular complexity index is 639. The van der Waals surface area contributed by atoms with E-state index in [1.165, 1.54) is 17.2 Å². The third-order valence-corrected chi connectivity index (χ3v) is 2.86. The number of fused-ring (bicyclic) bond motifs is 1. The van der Waals surface area contributed by atoms with Crippen LogP contribution >= 0.6 is 8.03 Å². The molecule has 2 aromatic rings. The predicted molar refractivity (Wildman–Crippen MR) is 64.4 cm³/mol. The molecule has 102 valence electrons. The van der Waals surface area contributed by atoms with Crippen LogP contribution in [0.5, 0.6) is 0 Å². The van der Waals surface area contributed by atoms with Gasteiger partial charge < -0.3 is 19.4 Å². The van der Waals surface area contributed by atoms with E-state index in [-0.39, 0.29) is 25.0 Å². The van der Waals surface area contributed by atoms with Crippen molar-refractivity contribution in [1.82, 2.24) is 19.5 Å². The molecule has 0 bridgehead atoms. The molecule has 0 saturated carbocycles. The standard InChI is InChI=1S/C9H12N5O4P/c10-8-7-9(12-3-11-7)13-4-14(8)1-6(2-15)18-5-19(16)17/h3-4,6,10,15H,1-2,5H2,(H-,11,12,16,17)/p+1/t6-/m0/s1. The normalized spacial score (nSPS) is 13.7. The van der Waals surface area contributed by atoms with Crippen molar-refractivity contribution < 1.29 is 19.3 Å². The number of hydrogen-bond donors (Lipinski definition) is 4. The monoisotopic (exact) mass is 286 g/mol. The minimum Gasteiger partial charge on any atom is -0.394 e. The highest BCUT2D eigenvalue weighted by Crippen LogP contribution is 2.13. The number of aliphatic hydroxyl groups excluding tert-OH is 1. The van der Waals surface area contributed by atoms with Gasteiger partial charge in [-0.1, -0.05) is 0 Å². The number of rotatable bonds is 6. The van der Waals surface area contributed by atoms with Gasteiger partial charge in [0, 0.05) is 0 Å². The minimum absolute atomic E-state index is 0.151. The second-order valence-electron chi connectivity index (χ2n) is 3.80. The predicted octanol–water partition coefficient (Wildman–Crippen LogP) is -0.691. The number of nitrogens with zero attached hydrogens (tertiary/aromatic N) is 3. The SMILES string of the molecule is N=c1c2[nH]cnc2ncn1C[C@@H](CO)OC[P+](=O)O. The number of hydrogen-bond acceptors (Lipinski definition) is 6. The molecule has 0 aliphatic carbocycles. The summed E-state index contributed by atoms with van der Waals surface area (Å²) in [6, 6.07) is 0. The van der Waals surface area contributed by atoms with E-state index in [4.69, 9.17) is 20.1 Å². The highest BCUT2D eigenvalue weighted by Gasteiger charge is 2.17. The maximum absolute atomic E-state index is 10.6. The van der Waals surface area contributed by atoms with Gasteiger partial charge in [-0.2, -0.15) is 4.89 Å². The molecular formula is C9H13N5O4P+. The zero-order valence-corrected chi connectivity index (χ0v) is 10.7. The van der Waals surface area contributed by atoms with Crippen molar-refractivity contribution in [1.29, 1.82) is 5.41 Å². The fourth-order valence-corrected chi connectivity index (χ4v) is 1.91. The largest absolute Gasteiger partial charge is 0.534 e. The molecule has 0 amide bonds. The summed E-state index contributed by atoms with van der Waals surface area (Å²) in [5, 5.41) is 17.1. The van der Waals surface area contributed by atoms with Gasteiger partial charge in [-0.25, -0.2) is 9.97 Å². The van der Waals surface area contributed by atoms with Crippen molar-refractivity contribution in [2.75, 3.05) is 13.0 Å². The van der Waals surface area contributed by atoms with Crippen LogP contribution in [0, 0.1) is 5.41 Å². The second kappa shape index (κ2) is 5.98. The van der Waals surface area contributed by atoms with Gasteiger partial charge in [-0.3, -0.25) is 5.41 Å². The Morgan fingerprint density at radius 2 is 2.37 bits per heavy atom. The molecule has 19 heavy (non-hydrogen) atoms. The van der Waals surface area contributed by atoms with Gasteiger partial charge in [-0.15, -0.1) is 0 Å². The summed E-state index contributed by atoms with van der Waals surface area (Å²) in [6.07, 6.45) is 1.82. The minimum atomic E-state index is -2.41. The van der Waals surface area contributed by atoms with Crippen LogP contribution in [0.15, 0.2) is 12.7 Å². The quantitative estimate of drug-likeness (QED) is 0.519. The first-order chi connectivity index (χ1) is 9.11. The highest BCUT2D eigenvalue weighted by molar-refractivity contribution is 7.37. The molecule has 2 heterocycles. The van der Waals surface area contributed by atoms with E-state index in [2.05, 4.69) is 15.0 Å². The maximum atomic E-state index is 10.6. The smallest absolute Gasteiger partial charge is 0.394 e. The molecule has 2 aromatic heterocycles. The molecule has 10 heteroatoms. The summed E-state index contributed by atoms with van der Waals surface area (Å²) in [5.41, 5.74) is 1.06. The summed E-state index contributed by atoms with van der Waals surface area (Å²) in [4.78, 5) is 19.4. The third-order valence-electron chi connectivity index (χ3n) is 2.49. The van der Waals surface area contributed by atoms with Gasteiger partial charge in [0.1, 0.15) is 11.6 Å². The van der Waals surface area contributed by atoms with Crippen LogP contribution < -0.4 is 5.49 Å². The third kappa shape index (κ3) is 3.21. The Morgan fingerprint density at radius 1 is 1.58 bits per heavy atom. The fourth-order valence-electron chi connectivity index (χ4n) is 1.58. The van der Waals surface area contributed by atoms with Crippen molar-refractivity contribution in [3.8, 4) is 0 Å². The molecular weight excluding hydrogens is 273 g/mol. The van der Waals surface area contributed by atoms with Crippen LogP contribution in [-0.4, -0.2) is 48.6 Å². The average molecular weight is 286 g/mol. The van der Waals surface area contributed by atoms with Gasteiger partial charge in [0.05, 0.1) is 25.8 Å². The lowest BCUT2D eigenvalue weighted by Gasteiger charge is -2.14. The number of imidazole rings is 1. The Hall–Kier alpha value is -1.67. The Morgan fingerprint density at radius 3 is 3.05 bits per heavy atom. The second-order valence-corrected chi connectivity index (χ2v) is 4.76. The number of H-pyrrole nitrogens is 1. The Labute approximate surface area is 108 Å². The number of ether oxygens (including phenoxy) is 1. The van der Waals surface area contributed by atoms with Crippen molar-refractivity contribution in [2.45, 2.75) is 12.6 Å². The summed E-state index contributed by atoms with van der Waals surface area (Å²) < 4.78 is 17.1. The molecule has 0 saturated heterocycles. The van der Waals surface area contributed by atoms with E-state index in [0.717, 1.165) is 0 Å². The Kier molecular flexibility index (Phi) is 4.33. The van der Waals surface area contributed by atoms with Crippen LogP contribution in [0.1, 0.15) is 0 Å². The van der Waals surface area contributed by atoms with Crippen molar-refractivity contribution in [3.05, 3.63) is 18.1 Å². The number of aromatic nitrogens is 4. The molecule has 4 N–H and O–H groups in total. The lowest BCUT2D eigenvalue weighted by molar-refractivity contribution is 0.0235. The summed E-state index contributed by atoms with van der Waals surface area (Å²) in [5.74, 6) is 0. The molecule has 0 aliphatic rings. The van der Waals surface area contributed by atoms with Gasteiger partial charge in [0.15, 0.2) is 11.1 Å². The summed E-state index contributed by atoms with van der Waals surface area (Å²) >= 11 is 0. The van der Waals surface area contributed by atoms with Crippen LogP contribution in [-0.2, 0) is 15.8 Å². The molecule has 1 unspecified atom stereocenters. The first-order valence-corrected chi connectivity index (χ1v) is 6.80. The van der Waals surface area contributed by atoms with Crippen molar-refractivity contribution >= 4 is 19.2 Å². The zero-order chi connectivity index (χ0) is 13.8. The van der Waals surface area contributed by atoms with Crippen LogP contribution in [0.2, 0.25) is 0 Å². The summed E-state index contributed by atoms with van der Waals surface area (Å²) in [7, 11) is -2.41. The van der Waals surface area contributed by atoms with Crippen molar-refractivity contribution in [2.24, 2.45) is 0 Å². The van der Waals surface area contributed by atoms with E-state index < -0.39 is 14.1 Å². The van der Waals surface area contributed by atoms with E-state index in [1.54, 1.807) is 0 Å². The van der Waals surface area contributed by atoms with Gasteiger partial charge in [0.2, 0.25) is 0 Å². The Balaban J connectivity index is 2.17. The average Bonchev–Trinajstić information content (AvgIpc) is 2.86. The topological polar surface area (TPSA) is 137 Å². The van der Waals surface area contributed by atoms with Gasteiger partial charge >= 0.3 is 8.03 Å². The maximum Gasteiger partial charge on any atom is 0.534 e. The molecule has 0 aromatic carbocycles. The molecule has 0 radical (unpaired) electrons. The van der Waals surface area contributed by atoms with E-state index in [0.29, 0.717) is 11.2 Å². The van der Waals surface area contributed by atoms with Crippen LogP contribution in [0.4, 0.5) is 0 Å². The zero-order valence-electron chi connectivity index (χ0n) is 9.85. The number of nitrogens with one attached hydrogen (secondary N) is 2. The van der Waals surface area contributed by atoms with E-state index >= 15 is 0 Å². The molecule has 0 spiro atoms. The van der Waals surface area contributed by atoms with E-state index in [9.17, 15) is 4.57 Å². The summed E-state index contributed by atoms with van der Waals surface area (Å²) in [6.45, 7) is -0.170. The first kappa shape index (κ1) is 13.8. The van der Waals surface area contributed by atoms with E-state index in [1.807, 2.05) is 0 Å². The molecule has 0 aliphatic heterocycles. The lowest BCUT2D eigenvalue weighted by atomic mass is 10.3. The molecule has 9 nitrogen and oxygen atoms in total. The van der Waals surface area contributed by atoms with Crippen molar-refractivity contribution in [3.63, 3.8) is 0 Å². The first-order valence-electron chi connectivity index (χ1n) is 5.41. The van der Waals surface area contributed by atoms with Gasteiger partial charge in [0.25, 0.3) is 6.35 Å².